The zero-order chi connectivity index (χ0) is 20.9. The second-order valence-corrected chi connectivity index (χ2v) is 6.92. The molecular weight excluding hydrogens is 380 g/mol. The Balaban J connectivity index is 1.54. The topological polar surface area (TPSA) is 67.9 Å². The first-order valence-corrected chi connectivity index (χ1v) is 9.69. The van der Waals surface area contributed by atoms with Crippen molar-refractivity contribution in [1.82, 2.24) is 5.32 Å². The number of methoxy groups -OCH3 is 1. The molecule has 0 fully saturated rings. The Morgan fingerprint density at radius 1 is 1.00 bits per heavy atom. The van der Waals surface area contributed by atoms with Crippen LogP contribution in [0.4, 0.5) is 5.69 Å². The van der Waals surface area contributed by atoms with Crippen molar-refractivity contribution in [2.24, 2.45) is 0 Å². The third-order valence-corrected chi connectivity index (χ3v) is 4.96. The van der Waals surface area contributed by atoms with Crippen LogP contribution in [0.2, 0.25) is 0 Å². The normalized spacial score (nSPS) is 15.0. The fourth-order valence-electron chi connectivity index (χ4n) is 3.35. The predicted octanol–water partition coefficient (Wildman–Crippen LogP) is 3.42. The number of carbonyl (C=O) groups is 2. The van der Waals surface area contributed by atoms with Crippen LogP contribution in [0.1, 0.15) is 15.9 Å². The Morgan fingerprint density at radius 3 is 2.43 bits per heavy atom. The van der Waals surface area contributed by atoms with E-state index in [4.69, 9.17) is 9.47 Å². The first kappa shape index (κ1) is 19.5. The molecule has 0 aromatic heterocycles. The summed E-state index contributed by atoms with van der Waals surface area (Å²) in [5.74, 6) is 0.715. The van der Waals surface area contributed by atoms with Crippen molar-refractivity contribution >= 4 is 17.5 Å². The van der Waals surface area contributed by atoms with E-state index in [-0.39, 0.29) is 18.4 Å². The minimum atomic E-state index is -0.800. The summed E-state index contributed by atoms with van der Waals surface area (Å²) in [6.07, 6.45) is -0.800. The lowest BCUT2D eigenvalue weighted by Crippen LogP contribution is -2.50. The third kappa shape index (κ3) is 4.12. The summed E-state index contributed by atoms with van der Waals surface area (Å²) in [4.78, 5) is 27.6. The minimum absolute atomic E-state index is 0.127. The molecule has 30 heavy (non-hydrogen) atoms. The molecule has 2 amide bonds. The van der Waals surface area contributed by atoms with Crippen LogP contribution in [0.15, 0.2) is 78.9 Å². The Morgan fingerprint density at radius 2 is 1.70 bits per heavy atom. The number of nitrogens with zero attached hydrogens (tertiary/aromatic N) is 1. The Bertz CT molecular complexity index is 1030. The van der Waals surface area contributed by atoms with Gasteiger partial charge in [0.1, 0.15) is 11.5 Å². The molecule has 4 rings (SSSR count). The maximum Gasteiger partial charge on any atom is 0.263 e. The smallest absolute Gasteiger partial charge is 0.263 e. The van der Waals surface area contributed by atoms with Gasteiger partial charge < -0.3 is 19.7 Å². The van der Waals surface area contributed by atoms with Gasteiger partial charge in [-0.3, -0.25) is 9.59 Å². The number of carbonyl (C=O) groups excluding carboxylic acids is 2. The molecule has 0 radical (unpaired) electrons. The number of ether oxygens (including phenoxy) is 2. The first-order valence-electron chi connectivity index (χ1n) is 9.69. The zero-order valence-corrected chi connectivity index (χ0v) is 16.6. The fraction of sp³-hybridized carbons (Fsp3) is 0.167. The van der Waals surface area contributed by atoms with Gasteiger partial charge in [-0.1, -0.05) is 42.5 Å². The van der Waals surface area contributed by atoms with Gasteiger partial charge in [-0.05, 0) is 42.0 Å². The van der Waals surface area contributed by atoms with E-state index < -0.39 is 6.10 Å². The zero-order valence-electron chi connectivity index (χ0n) is 16.6. The van der Waals surface area contributed by atoms with Crippen molar-refractivity contribution in [2.75, 3.05) is 18.6 Å². The molecule has 1 atom stereocenters. The minimum Gasteiger partial charge on any atom is -0.497 e. The van der Waals surface area contributed by atoms with E-state index in [1.807, 2.05) is 48.5 Å². The van der Waals surface area contributed by atoms with E-state index in [2.05, 4.69) is 5.32 Å². The number of hydrogen-bond acceptors (Lipinski definition) is 4. The fourth-order valence-corrected chi connectivity index (χ4v) is 3.35. The average Bonchev–Trinajstić information content (AvgIpc) is 2.82. The SMILES string of the molecule is COc1ccc(C(=O)N2C[C@H](C(=O)NCc3ccccc3)Oc3ccccc32)cc1. The standard InChI is InChI=1S/C24H22N2O4/c1-29-19-13-11-18(12-14-19)24(28)26-16-22(30-21-10-6-5-9-20(21)26)23(27)25-15-17-7-3-2-4-8-17/h2-14,22H,15-16H2,1H3,(H,25,27)/t22-/m1/s1. The van der Waals surface area contributed by atoms with E-state index in [1.54, 1.807) is 42.3 Å². The lowest BCUT2D eigenvalue weighted by Gasteiger charge is -2.34. The molecule has 3 aromatic carbocycles. The van der Waals surface area contributed by atoms with Crippen molar-refractivity contribution in [1.29, 1.82) is 0 Å². The molecule has 152 valence electrons. The molecule has 1 aliphatic heterocycles. The molecule has 0 saturated heterocycles. The molecule has 0 spiro atoms. The van der Waals surface area contributed by atoms with Crippen LogP contribution in [-0.4, -0.2) is 31.6 Å². The second kappa shape index (κ2) is 8.69. The summed E-state index contributed by atoms with van der Waals surface area (Å²) < 4.78 is 11.1. The van der Waals surface area contributed by atoms with Crippen LogP contribution in [0.3, 0.4) is 0 Å². The van der Waals surface area contributed by atoms with Crippen LogP contribution in [0.25, 0.3) is 0 Å². The lowest BCUT2D eigenvalue weighted by molar-refractivity contribution is -0.127. The molecule has 6 nitrogen and oxygen atoms in total. The number of nitrogens with one attached hydrogen (secondary N) is 1. The number of hydrogen-bond donors (Lipinski definition) is 1. The monoisotopic (exact) mass is 402 g/mol. The quantitative estimate of drug-likeness (QED) is 0.710. The van der Waals surface area contributed by atoms with Gasteiger partial charge in [0.25, 0.3) is 11.8 Å². The van der Waals surface area contributed by atoms with E-state index in [1.165, 1.54) is 0 Å². The number of anilines is 1. The number of benzene rings is 3. The molecule has 6 heteroatoms. The summed E-state index contributed by atoms with van der Waals surface area (Å²) in [6, 6.07) is 23.8. The number of amides is 2. The van der Waals surface area contributed by atoms with Crippen LogP contribution in [0.5, 0.6) is 11.5 Å². The van der Waals surface area contributed by atoms with Gasteiger partial charge in [-0.2, -0.15) is 0 Å². The predicted molar refractivity (Wildman–Crippen MR) is 114 cm³/mol. The Labute approximate surface area is 175 Å². The van der Waals surface area contributed by atoms with Gasteiger partial charge in [0.15, 0.2) is 6.10 Å². The molecule has 0 saturated carbocycles. The Hall–Kier alpha value is -3.80. The van der Waals surface area contributed by atoms with Crippen LogP contribution in [-0.2, 0) is 11.3 Å². The maximum absolute atomic E-state index is 13.2. The van der Waals surface area contributed by atoms with Gasteiger partial charge in [0.05, 0.1) is 19.3 Å². The summed E-state index contributed by atoms with van der Waals surface area (Å²) in [5, 5.41) is 2.90. The molecular formula is C24H22N2O4. The summed E-state index contributed by atoms with van der Waals surface area (Å²) in [7, 11) is 1.58. The highest BCUT2D eigenvalue weighted by atomic mass is 16.5. The highest BCUT2D eigenvalue weighted by Gasteiger charge is 2.34. The summed E-state index contributed by atoms with van der Waals surface area (Å²) >= 11 is 0. The van der Waals surface area contributed by atoms with Crippen LogP contribution < -0.4 is 19.7 Å². The number of para-hydroxylation sites is 2. The van der Waals surface area contributed by atoms with E-state index in [9.17, 15) is 9.59 Å². The molecule has 1 aliphatic rings. The van der Waals surface area contributed by atoms with Gasteiger partial charge in [-0.25, -0.2) is 0 Å². The van der Waals surface area contributed by atoms with Crippen molar-refractivity contribution in [3.8, 4) is 11.5 Å². The van der Waals surface area contributed by atoms with Gasteiger partial charge >= 0.3 is 0 Å². The average molecular weight is 402 g/mol. The molecule has 0 bridgehead atoms. The molecule has 1 N–H and O–H groups in total. The van der Waals surface area contributed by atoms with Gasteiger partial charge in [0.2, 0.25) is 0 Å². The van der Waals surface area contributed by atoms with E-state index in [0.717, 1.165) is 5.56 Å². The van der Waals surface area contributed by atoms with Crippen molar-refractivity contribution in [2.45, 2.75) is 12.6 Å². The van der Waals surface area contributed by atoms with Crippen molar-refractivity contribution in [3.05, 3.63) is 90.0 Å². The highest BCUT2D eigenvalue weighted by Crippen LogP contribution is 2.34. The van der Waals surface area contributed by atoms with Crippen molar-refractivity contribution < 1.29 is 19.1 Å². The van der Waals surface area contributed by atoms with Gasteiger partial charge in [-0.15, -0.1) is 0 Å². The highest BCUT2D eigenvalue weighted by molar-refractivity contribution is 6.08. The van der Waals surface area contributed by atoms with E-state index in [0.29, 0.717) is 29.3 Å². The third-order valence-electron chi connectivity index (χ3n) is 4.96. The van der Waals surface area contributed by atoms with E-state index >= 15 is 0 Å². The summed E-state index contributed by atoms with van der Waals surface area (Å²) in [5.41, 5.74) is 2.15. The van der Waals surface area contributed by atoms with Crippen molar-refractivity contribution in [3.63, 3.8) is 0 Å². The summed E-state index contributed by atoms with van der Waals surface area (Å²) in [6.45, 7) is 0.524. The van der Waals surface area contributed by atoms with Crippen LogP contribution >= 0.6 is 0 Å². The lowest BCUT2D eigenvalue weighted by atomic mass is 10.1. The number of fused-ring (bicyclic) bond motifs is 1. The maximum atomic E-state index is 13.2. The van der Waals surface area contributed by atoms with Gasteiger partial charge in [0, 0.05) is 12.1 Å². The second-order valence-electron chi connectivity index (χ2n) is 6.92. The largest absolute Gasteiger partial charge is 0.497 e. The molecule has 0 unspecified atom stereocenters. The number of rotatable bonds is 5. The van der Waals surface area contributed by atoms with Crippen LogP contribution in [0, 0.1) is 0 Å². The molecule has 3 aromatic rings. The molecule has 0 aliphatic carbocycles. The molecule has 1 heterocycles. The first-order chi connectivity index (χ1) is 14.7. The Kier molecular flexibility index (Phi) is 5.66.